The molecule has 2 aromatic carbocycles. The van der Waals surface area contributed by atoms with Crippen LogP contribution in [-0.2, 0) is 0 Å². The van der Waals surface area contributed by atoms with Crippen molar-refractivity contribution < 1.29 is 9.53 Å². The molecule has 0 aliphatic carbocycles. The summed E-state index contributed by atoms with van der Waals surface area (Å²) in [5, 5.41) is 5.98. The van der Waals surface area contributed by atoms with E-state index < -0.39 is 0 Å². The van der Waals surface area contributed by atoms with Gasteiger partial charge in [0.15, 0.2) is 0 Å². The molecule has 0 unspecified atom stereocenters. The van der Waals surface area contributed by atoms with Crippen molar-refractivity contribution in [3.63, 3.8) is 0 Å². The van der Waals surface area contributed by atoms with Crippen LogP contribution < -0.4 is 20.3 Å². The number of aromatic nitrogens is 2. The number of carbonyl (C=O) groups excluding carboxylic acids is 1. The van der Waals surface area contributed by atoms with Gasteiger partial charge in [0.2, 0.25) is 5.95 Å². The molecule has 3 rings (SSSR count). The zero-order chi connectivity index (χ0) is 20.1. The number of anilines is 4. The van der Waals surface area contributed by atoms with Gasteiger partial charge < -0.3 is 20.3 Å². The standard InChI is InChI=1S/C21H23N5O2/c1-14-12-19(20(27)23-16-6-5-7-18(13-16)28-4)25-21(22-14)24-15-8-10-17(11-9-15)26(2)3/h5-13H,1-4H3,(H,23,27)(H,22,24,25). The molecule has 1 heterocycles. The normalized spacial score (nSPS) is 10.3. The van der Waals surface area contributed by atoms with Crippen molar-refractivity contribution in [1.82, 2.24) is 9.97 Å². The Morgan fingerprint density at radius 2 is 1.75 bits per heavy atom. The van der Waals surface area contributed by atoms with Crippen molar-refractivity contribution in [2.45, 2.75) is 6.92 Å². The molecule has 1 amide bonds. The molecule has 0 fully saturated rings. The number of carbonyl (C=O) groups is 1. The number of nitrogens with zero attached hydrogens (tertiary/aromatic N) is 3. The summed E-state index contributed by atoms with van der Waals surface area (Å²) in [6.07, 6.45) is 0. The monoisotopic (exact) mass is 377 g/mol. The van der Waals surface area contributed by atoms with Gasteiger partial charge in [-0.1, -0.05) is 6.07 Å². The molecule has 0 aliphatic heterocycles. The quantitative estimate of drug-likeness (QED) is 0.679. The lowest BCUT2D eigenvalue weighted by Crippen LogP contribution is -2.15. The summed E-state index contributed by atoms with van der Waals surface area (Å²) in [5.74, 6) is 0.721. The lowest BCUT2D eigenvalue weighted by molar-refractivity contribution is 0.102. The SMILES string of the molecule is COc1cccc(NC(=O)c2cc(C)nc(Nc3ccc(N(C)C)cc3)n2)c1. The van der Waals surface area contributed by atoms with Crippen molar-refractivity contribution in [1.29, 1.82) is 0 Å². The molecule has 3 aromatic rings. The van der Waals surface area contributed by atoms with E-state index in [0.29, 0.717) is 23.1 Å². The summed E-state index contributed by atoms with van der Waals surface area (Å²) in [7, 11) is 5.55. The van der Waals surface area contributed by atoms with Gasteiger partial charge in [-0.15, -0.1) is 0 Å². The lowest BCUT2D eigenvalue weighted by Gasteiger charge is -2.13. The van der Waals surface area contributed by atoms with E-state index in [1.807, 2.05) is 62.3 Å². The van der Waals surface area contributed by atoms with Crippen molar-refractivity contribution in [3.05, 3.63) is 66.0 Å². The molecule has 0 aliphatic rings. The van der Waals surface area contributed by atoms with Crippen LogP contribution in [0.5, 0.6) is 5.75 Å². The van der Waals surface area contributed by atoms with Gasteiger partial charge in [-0.25, -0.2) is 9.97 Å². The maximum atomic E-state index is 12.6. The summed E-state index contributed by atoms with van der Waals surface area (Å²) in [4.78, 5) is 23.4. The van der Waals surface area contributed by atoms with Crippen molar-refractivity contribution in [3.8, 4) is 5.75 Å². The Kier molecular flexibility index (Phi) is 5.74. The Labute approximate surface area is 164 Å². The number of benzene rings is 2. The second kappa shape index (κ2) is 8.39. The average Bonchev–Trinajstić information content (AvgIpc) is 2.68. The highest BCUT2D eigenvalue weighted by Crippen LogP contribution is 2.20. The van der Waals surface area contributed by atoms with E-state index in [0.717, 1.165) is 11.4 Å². The first-order valence-corrected chi connectivity index (χ1v) is 8.80. The van der Waals surface area contributed by atoms with E-state index in [1.54, 1.807) is 25.3 Å². The molecule has 0 bridgehead atoms. The molecule has 0 saturated carbocycles. The molecule has 28 heavy (non-hydrogen) atoms. The highest BCUT2D eigenvalue weighted by Gasteiger charge is 2.12. The Hall–Kier alpha value is -3.61. The van der Waals surface area contributed by atoms with Gasteiger partial charge in [0.1, 0.15) is 11.4 Å². The molecule has 0 radical (unpaired) electrons. The van der Waals surface area contributed by atoms with E-state index in [1.165, 1.54) is 0 Å². The summed E-state index contributed by atoms with van der Waals surface area (Å²) in [6, 6.07) is 16.7. The first-order chi connectivity index (χ1) is 13.4. The summed E-state index contributed by atoms with van der Waals surface area (Å²) >= 11 is 0. The predicted octanol–water partition coefficient (Wildman–Crippen LogP) is 3.86. The van der Waals surface area contributed by atoms with Crippen LogP contribution >= 0.6 is 0 Å². The number of hydrogen-bond donors (Lipinski definition) is 2. The topological polar surface area (TPSA) is 79.4 Å². The van der Waals surface area contributed by atoms with Crippen molar-refractivity contribution >= 4 is 28.9 Å². The van der Waals surface area contributed by atoms with Crippen LogP contribution in [0.15, 0.2) is 54.6 Å². The third-order valence-corrected chi connectivity index (χ3v) is 4.05. The molecule has 2 N–H and O–H groups in total. The molecule has 144 valence electrons. The lowest BCUT2D eigenvalue weighted by atomic mass is 10.2. The molecule has 7 heteroatoms. The predicted molar refractivity (Wildman–Crippen MR) is 112 cm³/mol. The van der Waals surface area contributed by atoms with Gasteiger partial charge in [-0.3, -0.25) is 4.79 Å². The molecule has 0 spiro atoms. The van der Waals surface area contributed by atoms with E-state index in [2.05, 4.69) is 20.6 Å². The highest BCUT2D eigenvalue weighted by atomic mass is 16.5. The highest BCUT2D eigenvalue weighted by molar-refractivity contribution is 6.03. The fourth-order valence-corrected chi connectivity index (χ4v) is 2.61. The van der Waals surface area contributed by atoms with Crippen LogP contribution in [0, 0.1) is 6.92 Å². The van der Waals surface area contributed by atoms with Crippen LogP contribution in [0.1, 0.15) is 16.2 Å². The zero-order valence-electron chi connectivity index (χ0n) is 16.4. The van der Waals surface area contributed by atoms with Gasteiger partial charge in [-0.05, 0) is 49.4 Å². The number of aryl methyl sites for hydroxylation is 1. The Morgan fingerprint density at radius 3 is 2.43 bits per heavy atom. The fraction of sp³-hybridized carbons (Fsp3) is 0.190. The molecule has 1 aromatic heterocycles. The van der Waals surface area contributed by atoms with Crippen molar-refractivity contribution in [2.75, 3.05) is 36.7 Å². The third kappa shape index (κ3) is 4.76. The molecule has 0 atom stereocenters. The number of amides is 1. The summed E-state index contributed by atoms with van der Waals surface area (Å²) < 4.78 is 5.18. The first-order valence-electron chi connectivity index (χ1n) is 8.80. The van der Waals surface area contributed by atoms with E-state index in [9.17, 15) is 4.79 Å². The second-order valence-corrected chi connectivity index (χ2v) is 6.47. The Morgan fingerprint density at radius 1 is 1.00 bits per heavy atom. The zero-order valence-corrected chi connectivity index (χ0v) is 16.4. The summed E-state index contributed by atoms with van der Waals surface area (Å²) in [5.41, 5.74) is 3.54. The number of ether oxygens (including phenoxy) is 1. The van der Waals surface area contributed by atoms with E-state index in [4.69, 9.17) is 4.74 Å². The van der Waals surface area contributed by atoms with Crippen LogP contribution in [-0.4, -0.2) is 37.1 Å². The second-order valence-electron chi connectivity index (χ2n) is 6.47. The minimum Gasteiger partial charge on any atom is -0.497 e. The minimum atomic E-state index is -0.315. The van der Waals surface area contributed by atoms with Crippen LogP contribution in [0.25, 0.3) is 0 Å². The number of nitrogens with one attached hydrogen (secondary N) is 2. The number of rotatable bonds is 6. The fourth-order valence-electron chi connectivity index (χ4n) is 2.61. The molecule has 0 saturated heterocycles. The molecule has 7 nitrogen and oxygen atoms in total. The van der Waals surface area contributed by atoms with Gasteiger partial charge in [-0.2, -0.15) is 0 Å². The average molecular weight is 377 g/mol. The third-order valence-electron chi connectivity index (χ3n) is 4.05. The minimum absolute atomic E-state index is 0.280. The largest absolute Gasteiger partial charge is 0.497 e. The number of hydrogen-bond acceptors (Lipinski definition) is 6. The first kappa shape index (κ1) is 19.2. The van der Waals surface area contributed by atoms with Gasteiger partial charge >= 0.3 is 0 Å². The number of methoxy groups -OCH3 is 1. The molecular formula is C21H23N5O2. The molecular weight excluding hydrogens is 354 g/mol. The smallest absolute Gasteiger partial charge is 0.274 e. The Bertz CT molecular complexity index is 971. The van der Waals surface area contributed by atoms with E-state index >= 15 is 0 Å². The summed E-state index contributed by atoms with van der Waals surface area (Å²) in [6.45, 7) is 1.82. The van der Waals surface area contributed by atoms with E-state index in [-0.39, 0.29) is 11.6 Å². The Balaban J connectivity index is 1.77. The van der Waals surface area contributed by atoms with Crippen LogP contribution in [0.2, 0.25) is 0 Å². The van der Waals surface area contributed by atoms with Crippen LogP contribution in [0.4, 0.5) is 23.0 Å². The van der Waals surface area contributed by atoms with Gasteiger partial charge in [0.05, 0.1) is 7.11 Å². The van der Waals surface area contributed by atoms with Gasteiger partial charge in [0.25, 0.3) is 5.91 Å². The van der Waals surface area contributed by atoms with Gasteiger partial charge in [0, 0.05) is 42.9 Å². The maximum absolute atomic E-state index is 12.6. The van der Waals surface area contributed by atoms with Crippen molar-refractivity contribution in [2.24, 2.45) is 0 Å². The maximum Gasteiger partial charge on any atom is 0.274 e. The van der Waals surface area contributed by atoms with Crippen LogP contribution in [0.3, 0.4) is 0 Å².